The number of allylic oxidation sites excluding steroid dienone is 3. The normalized spacial score (nSPS) is 15.9. The Bertz CT molecular complexity index is 826. The van der Waals surface area contributed by atoms with E-state index < -0.39 is 6.29 Å². The summed E-state index contributed by atoms with van der Waals surface area (Å²) in [6, 6.07) is 2.69. The third-order valence-corrected chi connectivity index (χ3v) is 3.47. The molecule has 0 bridgehead atoms. The fourth-order valence-electron chi connectivity index (χ4n) is 2.55. The van der Waals surface area contributed by atoms with E-state index in [0.717, 1.165) is 12.0 Å². The second-order valence-corrected chi connectivity index (χ2v) is 5.48. The van der Waals surface area contributed by atoms with Crippen molar-refractivity contribution in [3.8, 4) is 11.5 Å². The summed E-state index contributed by atoms with van der Waals surface area (Å²) < 4.78 is 34.9. The Morgan fingerprint density at radius 1 is 1.36 bits per heavy atom. The van der Waals surface area contributed by atoms with Crippen molar-refractivity contribution >= 4 is 22.9 Å². The number of rotatable bonds is 5. The second kappa shape index (κ2) is 6.54. The standard InChI is InChI=1S/C17H17F2N3O3/c1-3-5-10(6-4-2)7-15(23)22-16-20-11-8-13-14(9-12(11)21-16)25-17(18,19)24-13/h3,5-6,8-9H,4,7H2,1-2H3,(H2,20,21,22,23)/b5-3-,10-6+. The van der Waals surface area contributed by atoms with Crippen molar-refractivity contribution < 1.29 is 23.0 Å². The number of aromatic amines is 1. The molecule has 0 saturated heterocycles. The van der Waals surface area contributed by atoms with Crippen LogP contribution in [0, 0.1) is 0 Å². The molecule has 3 rings (SSSR count). The molecule has 1 amide bonds. The molecule has 8 heteroatoms. The summed E-state index contributed by atoms with van der Waals surface area (Å²) in [7, 11) is 0. The Morgan fingerprint density at radius 3 is 2.76 bits per heavy atom. The van der Waals surface area contributed by atoms with E-state index in [-0.39, 0.29) is 29.8 Å². The molecule has 0 fully saturated rings. The van der Waals surface area contributed by atoms with E-state index in [2.05, 4.69) is 24.8 Å². The van der Waals surface area contributed by atoms with Gasteiger partial charge in [-0.15, -0.1) is 8.78 Å². The number of imidazole rings is 1. The molecular weight excluding hydrogens is 332 g/mol. The third kappa shape index (κ3) is 3.78. The highest BCUT2D eigenvalue weighted by Gasteiger charge is 2.43. The molecule has 25 heavy (non-hydrogen) atoms. The molecule has 1 aliphatic heterocycles. The number of ether oxygens (including phenoxy) is 2. The Balaban J connectivity index is 1.75. The van der Waals surface area contributed by atoms with Crippen molar-refractivity contribution in [1.29, 1.82) is 0 Å². The highest BCUT2D eigenvalue weighted by atomic mass is 19.3. The number of nitrogens with zero attached hydrogens (tertiary/aromatic N) is 1. The molecule has 0 atom stereocenters. The molecular formula is C17H17F2N3O3. The molecule has 1 aromatic carbocycles. The molecule has 1 aliphatic rings. The van der Waals surface area contributed by atoms with Gasteiger partial charge in [0.2, 0.25) is 11.9 Å². The van der Waals surface area contributed by atoms with E-state index in [1.807, 2.05) is 32.1 Å². The summed E-state index contributed by atoms with van der Waals surface area (Å²) in [5.41, 5.74) is 1.74. The lowest BCUT2D eigenvalue weighted by Crippen LogP contribution is -2.25. The number of fused-ring (bicyclic) bond motifs is 2. The number of carbonyl (C=O) groups is 1. The molecule has 0 spiro atoms. The van der Waals surface area contributed by atoms with Gasteiger partial charge in [0, 0.05) is 12.1 Å². The van der Waals surface area contributed by atoms with Crippen molar-refractivity contribution in [3.63, 3.8) is 0 Å². The largest absolute Gasteiger partial charge is 0.586 e. The van der Waals surface area contributed by atoms with Crippen LogP contribution in [-0.2, 0) is 4.79 Å². The maximum atomic E-state index is 13.0. The van der Waals surface area contributed by atoms with Crippen LogP contribution < -0.4 is 14.8 Å². The zero-order valence-electron chi connectivity index (χ0n) is 13.7. The van der Waals surface area contributed by atoms with Crippen LogP contribution in [0.1, 0.15) is 26.7 Å². The van der Waals surface area contributed by atoms with E-state index in [1.165, 1.54) is 12.1 Å². The van der Waals surface area contributed by atoms with Gasteiger partial charge in [-0.05, 0) is 18.9 Å². The van der Waals surface area contributed by atoms with Gasteiger partial charge in [0.05, 0.1) is 17.5 Å². The highest BCUT2D eigenvalue weighted by Crippen LogP contribution is 2.42. The van der Waals surface area contributed by atoms with E-state index in [0.29, 0.717) is 11.0 Å². The molecule has 0 saturated carbocycles. The number of amides is 1. The Labute approximate surface area is 142 Å². The van der Waals surface area contributed by atoms with Gasteiger partial charge in [-0.3, -0.25) is 10.1 Å². The van der Waals surface area contributed by atoms with Gasteiger partial charge in [-0.25, -0.2) is 4.98 Å². The maximum Gasteiger partial charge on any atom is 0.586 e. The Hall–Kier alpha value is -2.90. The summed E-state index contributed by atoms with van der Waals surface area (Å²) in [5, 5.41) is 2.66. The molecule has 6 nitrogen and oxygen atoms in total. The number of hydrogen-bond donors (Lipinski definition) is 2. The number of benzene rings is 1. The van der Waals surface area contributed by atoms with Crippen LogP contribution in [0.3, 0.4) is 0 Å². The van der Waals surface area contributed by atoms with Gasteiger partial charge >= 0.3 is 6.29 Å². The quantitative estimate of drug-likeness (QED) is 0.796. The number of carbonyl (C=O) groups excluding carboxylic acids is 1. The van der Waals surface area contributed by atoms with Gasteiger partial charge in [-0.1, -0.05) is 25.2 Å². The summed E-state index contributed by atoms with van der Waals surface area (Å²) in [5.74, 6) is -0.182. The van der Waals surface area contributed by atoms with Crippen LogP contribution >= 0.6 is 0 Å². The number of nitrogens with one attached hydrogen (secondary N) is 2. The number of halogens is 2. The number of alkyl halides is 2. The zero-order chi connectivity index (χ0) is 18.0. The van der Waals surface area contributed by atoms with Crippen LogP contribution in [0.25, 0.3) is 11.0 Å². The number of hydrogen-bond acceptors (Lipinski definition) is 4. The van der Waals surface area contributed by atoms with Crippen LogP contribution in [-0.4, -0.2) is 22.2 Å². The SMILES string of the molecule is C/C=C\C(=C/CC)CC(=O)Nc1nc2cc3c(cc2[nH]1)OC(F)(F)O3. The maximum absolute atomic E-state index is 13.0. The topological polar surface area (TPSA) is 76.2 Å². The van der Waals surface area contributed by atoms with Crippen molar-refractivity contribution in [3.05, 3.63) is 35.9 Å². The van der Waals surface area contributed by atoms with Crippen LogP contribution in [0.5, 0.6) is 11.5 Å². The Morgan fingerprint density at radius 2 is 2.08 bits per heavy atom. The summed E-state index contributed by atoms with van der Waals surface area (Å²) in [4.78, 5) is 19.2. The predicted octanol–water partition coefficient (Wildman–Crippen LogP) is 4.13. The monoisotopic (exact) mass is 349 g/mol. The first-order valence-corrected chi connectivity index (χ1v) is 7.81. The average molecular weight is 349 g/mol. The molecule has 132 valence electrons. The van der Waals surface area contributed by atoms with Gasteiger partial charge in [0.25, 0.3) is 0 Å². The van der Waals surface area contributed by atoms with Crippen LogP contribution in [0.15, 0.2) is 35.9 Å². The minimum atomic E-state index is -3.67. The molecule has 2 aromatic rings. The van der Waals surface area contributed by atoms with Crippen LogP contribution in [0.2, 0.25) is 0 Å². The molecule has 2 N–H and O–H groups in total. The third-order valence-electron chi connectivity index (χ3n) is 3.47. The second-order valence-electron chi connectivity index (χ2n) is 5.48. The smallest absolute Gasteiger partial charge is 0.395 e. The van der Waals surface area contributed by atoms with Gasteiger partial charge in [-0.2, -0.15) is 0 Å². The van der Waals surface area contributed by atoms with Gasteiger partial charge in [0.1, 0.15) is 0 Å². The number of anilines is 1. The first kappa shape index (κ1) is 16.9. The van der Waals surface area contributed by atoms with E-state index in [1.54, 1.807) is 0 Å². The van der Waals surface area contributed by atoms with Gasteiger partial charge < -0.3 is 14.5 Å². The first-order chi connectivity index (χ1) is 11.9. The predicted molar refractivity (Wildman–Crippen MR) is 88.7 cm³/mol. The molecule has 1 aromatic heterocycles. The molecule has 0 aliphatic carbocycles. The van der Waals surface area contributed by atoms with E-state index >= 15 is 0 Å². The minimum absolute atomic E-state index is 0.0831. The number of H-pyrrole nitrogens is 1. The zero-order valence-corrected chi connectivity index (χ0v) is 13.7. The molecule has 2 heterocycles. The summed E-state index contributed by atoms with van der Waals surface area (Å²) >= 11 is 0. The fourth-order valence-corrected chi connectivity index (χ4v) is 2.55. The lowest BCUT2D eigenvalue weighted by Gasteiger charge is -2.04. The van der Waals surface area contributed by atoms with Crippen molar-refractivity contribution in [2.75, 3.05) is 5.32 Å². The van der Waals surface area contributed by atoms with Crippen molar-refractivity contribution in [2.45, 2.75) is 33.0 Å². The summed E-state index contributed by atoms with van der Waals surface area (Å²) in [6.07, 6.45) is 3.08. The van der Waals surface area contributed by atoms with Crippen LogP contribution in [0.4, 0.5) is 14.7 Å². The highest BCUT2D eigenvalue weighted by molar-refractivity contribution is 5.93. The summed E-state index contributed by atoms with van der Waals surface area (Å²) in [6.45, 7) is 3.88. The van der Waals surface area contributed by atoms with Gasteiger partial charge in [0.15, 0.2) is 11.5 Å². The van der Waals surface area contributed by atoms with E-state index in [9.17, 15) is 13.6 Å². The minimum Gasteiger partial charge on any atom is -0.395 e. The molecule has 0 radical (unpaired) electrons. The lowest BCUT2D eigenvalue weighted by molar-refractivity contribution is -0.286. The first-order valence-electron chi connectivity index (χ1n) is 7.81. The average Bonchev–Trinajstić information content (AvgIpc) is 3.01. The van der Waals surface area contributed by atoms with Crippen molar-refractivity contribution in [1.82, 2.24) is 9.97 Å². The number of aromatic nitrogens is 2. The lowest BCUT2D eigenvalue weighted by atomic mass is 10.1. The molecule has 0 unspecified atom stereocenters. The van der Waals surface area contributed by atoms with E-state index in [4.69, 9.17) is 0 Å². The Kier molecular flexibility index (Phi) is 4.43. The fraction of sp³-hybridized carbons (Fsp3) is 0.294. The van der Waals surface area contributed by atoms with Crippen molar-refractivity contribution in [2.24, 2.45) is 0 Å².